The Kier molecular flexibility index (Phi) is 35.4. The van der Waals surface area contributed by atoms with Crippen LogP contribution in [0.4, 0.5) is 0 Å². The van der Waals surface area contributed by atoms with Gasteiger partial charge in [0, 0.05) is 0 Å². The SMILES string of the molecule is CCCCCCCCCCCCCC(CC)OC(CC)OP(=O)(OCCO)OC(CC)OC(CC)CCCCCCCCCCCCC. The third-order valence-corrected chi connectivity index (χ3v) is 10.8. The topological polar surface area (TPSA) is 83.5 Å². The summed E-state index contributed by atoms with van der Waals surface area (Å²) in [5.41, 5.74) is 0. The summed E-state index contributed by atoms with van der Waals surface area (Å²) in [6.07, 6.45) is 32.2. The first-order valence-electron chi connectivity index (χ1n) is 20.9. The molecule has 7 nitrogen and oxygen atoms in total. The molecular formula is C40H83O7P. The van der Waals surface area contributed by atoms with E-state index < -0.39 is 20.4 Å². The molecule has 8 heteroatoms. The van der Waals surface area contributed by atoms with Crippen LogP contribution in [0.15, 0.2) is 0 Å². The predicted octanol–water partition coefficient (Wildman–Crippen LogP) is 13.6. The van der Waals surface area contributed by atoms with E-state index in [-0.39, 0.29) is 25.4 Å². The van der Waals surface area contributed by atoms with Gasteiger partial charge in [-0.25, -0.2) is 4.57 Å². The molecule has 0 saturated heterocycles. The summed E-state index contributed by atoms with van der Waals surface area (Å²) in [6, 6.07) is 0. The number of phosphoric ester groups is 1. The van der Waals surface area contributed by atoms with Crippen molar-refractivity contribution in [2.75, 3.05) is 13.2 Å². The van der Waals surface area contributed by atoms with Gasteiger partial charge in [0.15, 0.2) is 12.6 Å². The number of aliphatic hydroxyl groups excluding tert-OH is 1. The highest BCUT2D eigenvalue weighted by Gasteiger charge is 2.35. The molecule has 0 aromatic carbocycles. The van der Waals surface area contributed by atoms with Crippen molar-refractivity contribution in [3.8, 4) is 0 Å². The lowest BCUT2D eigenvalue weighted by Gasteiger charge is -2.30. The fourth-order valence-electron chi connectivity index (χ4n) is 6.16. The molecule has 0 aliphatic heterocycles. The summed E-state index contributed by atoms with van der Waals surface area (Å²) in [7, 11) is -4.04. The second-order valence-electron chi connectivity index (χ2n) is 13.9. The summed E-state index contributed by atoms with van der Waals surface area (Å²) < 4.78 is 43.8. The first-order valence-corrected chi connectivity index (χ1v) is 22.4. The molecule has 290 valence electrons. The van der Waals surface area contributed by atoms with E-state index in [1.165, 1.54) is 128 Å². The number of aliphatic hydroxyl groups is 1. The zero-order valence-corrected chi connectivity index (χ0v) is 33.8. The van der Waals surface area contributed by atoms with Gasteiger partial charge in [-0.05, 0) is 38.5 Å². The average molecular weight is 707 g/mol. The van der Waals surface area contributed by atoms with Crippen molar-refractivity contribution in [1.82, 2.24) is 0 Å². The first kappa shape index (κ1) is 48.0. The van der Waals surface area contributed by atoms with Crippen LogP contribution in [-0.4, -0.2) is 43.1 Å². The minimum absolute atomic E-state index is 0.0216. The number of unbranched alkanes of at least 4 members (excludes halogenated alkanes) is 20. The van der Waals surface area contributed by atoms with Crippen LogP contribution in [0.25, 0.3) is 0 Å². The monoisotopic (exact) mass is 707 g/mol. The highest BCUT2D eigenvalue weighted by molar-refractivity contribution is 7.48. The van der Waals surface area contributed by atoms with Crippen LogP contribution in [0.5, 0.6) is 0 Å². The highest BCUT2D eigenvalue weighted by atomic mass is 31.2. The third kappa shape index (κ3) is 28.7. The Morgan fingerprint density at radius 3 is 1.04 bits per heavy atom. The van der Waals surface area contributed by atoms with Gasteiger partial charge in [-0.15, -0.1) is 0 Å². The number of hydrogen-bond donors (Lipinski definition) is 1. The number of rotatable bonds is 39. The summed E-state index contributed by atoms with van der Waals surface area (Å²) in [5.74, 6) is 0. The standard InChI is InChI=1S/C40H83O7P/c1-7-13-15-17-19-21-23-25-27-29-31-33-37(9-3)44-39(11-5)46-48(42,43-36-35-41)47-40(12-6)45-38(10-4)34-32-30-28-26-24-22-20-18-16-14-8-2/h37-41H,7-36H2,1-6H3. The molecule has 4 unspecified atom stereocenters. The first-order chi connectivity index (χ1) is 23.4. The van der Waals surface area contributed by atoms with Gasteiger partial charge in [0.05, 0.1) is 25.4 Å². The van der Waals surface area contributed by atoms with Gasteiger partial charge >= 0.3 is 7.82 Å². The van der Waals surface area contributed by atoms with Crippen molar-refractivity contribution in [3.63, 3.8) is 0 Å². The quantitative estimate of drug-likeness (QED) is 0.0387. The minimum atomic E-state index is -4.04. The highest BCUT2D eigenvalue weighted by Crippen LogP contribution is 2.53. The van der Waals surface area contributed by atoms with Gasteiger partial charge in [0.2, 0.25) is 0 Å². The maximum absolute atomic E-state index is 13.8. The molecule has 0 rings (SSSR count). The van der Waals surface area contributed by atoms with Gasteiger partial charge in [0.25, 0.3) is 0 Å². The van der Waals surface area contributed by atoms with E-state index in [4.69, 9.17) is 23.0 Å². The van der Waals surface area contributed by atoms with Gasteiger partial charge in [-0.1, -0.05) is 183 Å². The van der Waals surface area contributed by atoms with Gasteiger partial charge in [-0.3, -0.25) is 13.6 Å². The Labute approximate surface area is 299 Å². The van der Waals surface area contributed by atoms with E-state index in [1.54, 1.807) is 0 Å². The Morgan fingerprint density at radius 2 is 0.771 bits per heavy atom. The maximum atomic E-state index is 13.8. The van der Waals surface area contributed by atoms with Gasteiger partial charge in [-0.2, -0.15) is 0 Å². The van der Waals surface area contributed by atoms with E-state index in [0.29, 0.717) is 12.8 Å². The normalized spacial score (nSPS) is 15.7. The molecule has 0 saturated carbocycles. The summed E-state index contributed by atoms with van der Waals surface area (Å²) in [4.78, 5) is 0. The Morgan fingerprint density at radius 1 is 0.458 bits per heavy atom. The molecule has 0 spiro atoms. The fraction of sp³-hybridized carbons (Fsp3) is 1.00. The van der Waals surface area contributed by atoms with E-state index in [0.717, 1.165) is 38.5 Å². The van der Waals surface area contributed by atoms with Crippen molar-refractivity contribution in [1.29, 1.82) is 0 Å². The third-order valence-electron chi connectivity index (χ3n) is 9.36. The zero-order valence-electron chi connectivity index (χ0n) is 32.9. The smallest absolute Gasteiger partial charge is 0.394 e. The predicted molar refractivity (Wildman–Crippen MR) is 203 cm³/mol. The van der Waals surface area contributed by atoms with E-state index in [1.807, 2.05) is 13.8 Å². The molecule has 0 aliphatic rings. The lowest BCUT2D eigenvalue weighted by atomic mass is 10.0. The van der Waals surface area contributed by atoms with E-state index >= 15 is 0 Å². The van der Waals surface area contributed by atoms with Gasteiger partial charge < -0.3 is 14.6 Å². The molecule has 0 amide bonds. The second-order valence-corrected chi connectivity index (χ2v) is 15.4. The average Bonchev–Trinajstić information content (AvgIpc) is 3.10. The Balaban J connectivity index is 4.65. The molecule has 0 heterocycles. The van der Waals surface area contributed by atoms with Crippen molar-refractivity contribution in [3.05, 3.63) is 0 Å². The molecule has 0 fully saturated rings. The van der Waals surface area contributed by atoms with Crippen molar-refractivity contribution in [2.45, 2.75) is 246 Å². The Hall–Kier alpha value is -0.0100. The Bertz CT molecular complexity index is 644. The van der Waals surface area contributed by atoms with Crippen LogP contribution >= 0.6 is 7.82 Å². The summed E-state index contributed by atoms with van der Waals surface area (Å²) in [5, 5.41) is 9.42. The van der Waals surface area contributed by atoms with Crippen molar-refractivity contribution >= 4 is 7.82 Å². The number of phosphoric acid groups is 1. The summed E-state index contributed by atoms with van der Waals surface area (Å²) >= 11 is 0. The number of ether oxygens (including phenoxy) is 2. The van der Waals surface area contributed by atoms with E-state index in [2.05, 4.69) is 27.7 Å². The van der Waals surface area contributed by atoms with Crippen LogP contribution in [-0.2, 0) is 27.6 Å². The molecular weight excluding hydrogens is 623 g/mol. The lowest BCUT2D eigenvalue weighted by Crippen LogP contribution is -2.27. The fourth-order valence-corrected chi connectivity index (χ4v) is 7.61. The van der Waals surface area contributed by atoms with Gasteiger partial charge in [0.1, 0.15) is 0 Å². The van der Waals surface area contributed by atoms with Crippen molar-refractivity contribution in [2.24, 2.45) is 0 Å². The van der Waals surface area contributed by atoms with E-state index in [9.17, 15) is 9.67 Å². The van der Waals surface area contributed by atoms with Crippen LogP contribution < -0.4 is 0 Å². The van der Waals surface area contributed by atoms with Crippen LogP contribution in [0.3, 0.4) is 0 Å². The maximum Gasteiger partial charge on any atom is 0.479 e. The lowest BCUT2D eigenvalue weighted by molar-refractivity contribution is -0.166. The zero-order chi connectivity index (χ0) is 35.6. The summed E-state index contributed by atoms with van der Waals surface area (Å²) in [6.45, 7) is 12.3. The molecule has 1 N–H and O–H groups in total. The molecule has 0 aliphatic carbocycles. The molecule has 0 bridgehead atoms. The van der Waals surface area contributed by atoms with Crippen LogP contribution in [0, 0.1) is 0 Å². The van der Waals surface area contributed by atoms with Crippen LogP contribution in [0.1, 0.15) is 221 Å². The number of hydrogen-bond acceptors (Lipinski definition) is 7. The molecule has 0 aromatic heterocycles. The molecule has 4 atom stereocenters. The molecule has 0 radical (unpaired) electrons. The second kappa shape index (κ2) is 35.4. The molecule has 0 aromatic rings. The van der Waals surface area contributed by atoms with Crippen LogP contribution in [0.2, 0.25) is 0 Å². The largest absolute Gasteiger partial charge is 0.479 e. The molecule has 48 heavy (non-hydrogen) atoms. The minimum Gasteiger partial charge on any atom is -0.394 e. The van der Waals surface area contributed by atoms with Crippen molar-refractivity contribution < 1.29 is 32.7 Å².